The first-order valence-corrected chi connectivity index (χ1v) is 8.45. The van der Waals surface area contributed by atoms with E-state index in [-0.39, 0.29) is 0 Å². The predicted octanol–water partition coefficient (Wildman–Crippen LogP) is 4.62. The van der Waals surface area contributed by atoms with Gasteiger partial charge >= 0.3 is 0 Å². The van der Waals surface area contributed by atoms with Crippen molar-refractivity contribution >= 4 is 0 Å². The van der Waals surface area contributed by atoms with E-state index >= 15 is 0 Å². The molecule has 4 unspecified atom stereocenters. The second-order valence-corrected chi connectivity index (χ2v) is 6.97. The minimum Gasteiger partial charge on any atom is -0.314 e. The van der Waals surface area contributed by atoms with Gasteiger partial charge in [-0.25, -0.2) is 0 Å². The van der Waals surface area contributed by atoms with Gasteiger partial charge in [-0.3, -0.25) is 0 Å². The Kier molecular flexibility index (Phi) is 5.54. The second-order valence-electron chi connectivity index (χ2n) is 6.97. The van der Waals surface area contributed by atoms with Crippen molar-refractivity contribution in [1.29, 1.82) is 0 Å². The molecule has 106 valence electrons. The van der Waals surface area contributed by atoms with Crippen LogP contribution in [0.25, 0.3) is 0 Å². The molecule has 1 nitrogen and oxygen atoms in total. The first kappa shape index (κ1) is 14.4. The first-order chi connectivity index (χ1) is 8.72. The summed E-state index contributed by atoms with van der Waals surface area (Å²) in [6.45, 7) is 8.39. The molecule has 0 spiro atoms. The summed E-state index contributed by atoms with van der Waals surface area (Å²) in [6.07, 6.45) is 11.8. The Hall–Kier alpha value is -0.0400. The Labute approximate surface area is 114 Å². The van der Waals surface area contributed by atoms with E-state index in [0.717, 1.165) is 36.3 Å². The molecule has 5 atom stereocenters. The predicted molar refractivity (Wildman–Crippen MR) is 79.7 cm³/mol. The van der Waals surface area contributed by atoms with Crippen LogP contribution < -0.4 is 5.32 Å². The summed E-state index contributed by atoms with van der Waals surface area (Å²) < 4.78 is 0. The molecule has 1 N–H and O–H groups in total. The highest BCUT2D eigenvalue weighted by Gasteiger charge is 2.32. The van der Waals surface area contributed by atoms with Crippen molar-refractivity contribution in [3.63, 3.8) is 0 Å². The van der Waals surface area contributed by atoms with Gasteiger partial charge < -0.3 is 5.32 Å². The summed E-state index contributed by atoms with van der Waals surface area (Å²) in [7, 11) is 0. The van der Waals surface area contributed by atoms with Crippen LogP contribution in [0, 0.1) is 23.7 Å². The van der Waals surface area contributed by atoms with Crippen LogP contribution in [-0.4, -0.2) is 12.6 Å². The lowest BCUT2D eigenvalue weighted by Crippen LogP contribution is -2.42. The third-order valence-electron chi connectivity index (χ3n) is 5.83. The first-order valence-electron chi connectivity index (χ1n) is 8.45. The smallest absolute Gasteiger partial charge is 0.00952 e. The molecule has 0 amide bonds. The van der Waals surface area contributed by atoms with E-state index in [2.05, 4.69) is 26.1 Å². The van der Waals surface area contributed by atoms with Crippen LogP contribution in [0.5, 0.6) is 0 Å². The van der Waals surface area contributed by atoms with Crippen molar-refractivity contribution in [2.75, 3.05) is 6.54 Å². The summed E-state index contributed by atoms with van der Waals surface area (Å²) in [6, 6.07) is 0.799. The summed E-state index contributed by atoms with van der Waals surface area (Å²) >= 11 is 0. The molecule has 2 aliphatic rings. The molecule has 2 aliphatic carbocycles. The van der Waals surface area contributed by atoms with Crippen molar-refractivity contribution in [1.82, 2.24) is 5.32 Å². The molecule has 2 saturated carbocycles. The van der Waals surface area contributed by atoms with Gasteiger partial charge in [0.2, 0.25) is 0 Å². The fraction of sp³-hybridized carbons (Fsp3) is 1.00. The molecule has 0 radical (unpaired) electrons. The monoisotopic (exact) mass is 251 g/mol. The number of hydrogen-bond donors (Lipinski definition) is 1. The third kappa shape index (κ3) is 3.50. The van der Waals surface area contributed by atoms with Crippen molar-refractivity contribution in [3.8, 4) is 0 Å². The Morgan fingerprint density at radius 2 is 1.61 bits per heavy atom. The van der Waals surface area contributed by atoms with Crippen molar-refractivity contribution in [3.05, 3.63) is 0 Å². The van der Waals surface area contributed by atoms with E-state index in [1.165, 1.54) is 51.4 Å². The molecular weight excluding hydrogens is 218 g/mol. The highest BCUT2D eigenvalue weighted by molar-refractivity contribution is 4.86. The molecule has 0 aliphatic heterocycles. The van der Waals surface area contributed by atoms with Crippen LogP contribution in [0.4, 0.5) is 0 Å². The molecule has 0 aromatic carbocycles. The van der Waals surface area contributed by atoms with E-state index in [9.17, 15) is 0 Å². The van der Waals surface area contributed by atoms with Crippen LogP contribution in [0.1, 0.15) is 72.1 Å². The molecule has 18 heavy (non-hydrogen) atoms. The Morgan fingerprint density at radius 3 is 2.33 bits per heavy atom. The van der Waals surface area contributed by atoms with Gasteiger partial charge in [-0.15, -0.1) is 0 Å². The molecule has 2 rings (SSSR count). The fourth-order valence-corrected chi connectivity index (χ4v) is 4.47. The zero-order chi connectivity index (χ0) is 13.0. The van der Waals surface area contributed by atoms with Crippen molar-refractivity contribution < 1.29 is 0 Å². The quantitative estimate of drug-likeness (QED) is 0.769. The average Bonchev–Trinajstić information content (AvgIpc) is 2.37. The molecule has 0 saturated heterocycles. The molecule has 1 heteroatoms. The maximum absolute atomic E-state index is 3.71. The Balaban J connectivity index is 1.87. The molecule has 0 aromatic rings. The summed E-state index contributed by atoms with van der Waals surface area (Å²) in [5.41, 5.74) is 0. The minimum absolute atomic E-state index is 0.799. The fourth-order valence-electron chi connectivity index (χ4n) is 4.47. The highest BCUT2D eigenvalue weighted by atomic mass is 14.9. The van der Waals surface area contributed by atoms with Gasteiger partial charge in [0.25, 0.3) is 0 Å². The lowest BCUT2D eigenvalue weighted by atomic mass is 9.68. The largest absolute Gasteiger partial charge is 0.314 e. The lowest BCUT2D eigenvalue weighted by Gasteiger charge is -2.40. The maximum Gasteiger partial charge on any atom is 0.00952 e. The second kappa shape index (κ2) is 6.93. The van der Waals surface area contributed by atoms with Crippen LogP contribution in [-0.2, 0) is 0 Å². The van der Waals surface area contributed by atoms with E-state index < -0.39 is 0 Å². The minimum atomic E-state index is 0.799. The van der Waals surface area contributed by atoms with Gasteiger partial charge in [-0.2, -0.15) is 0 Å². The highest BCUT2D eigenvalue weighted by Crippen LogP contribution is 2.40. The van der Waals surface area contributed by atoms with Crippen LogP contribution >= 0.6 is 0 Å². The zero-order valence-corrected chi connectivity index (χ0v) is 12.8. The topological polar surface area (TPSA) is 12.0 Å². The van der Waals surface area contributed by atoms with Crippen molar-refractivity contribution in [2.45, 2.75) is 78.2 Å². The van der Waals surface area contributed by atoms with E-state index in [1.807, 2.05) is 0 Å². The molecular formula is C17H33N. The number of rotatable bonds is 4. The van der Waals surface area contributed by atoms with Gasteiger partial charge in [0.05, 0.1) is 0 Å². The molecule has 2 fully saturated rings. The third-order valence-corrected chi connectivity index (χ3v) is 5.83. The Morgan fingerprint density at radius 1 is 0.889 bits per heavy atom. The molecule has 0 aromatic heterocycles. The van der Waals surface area contributed by atoms with E-state index in [4.69, 9.17) is 0 Å². The lowest BCUT2D eigenvalue weighted by molar-refractivity contribution is 0.129. The summed E-state index contributed by atoms with van der Waals surface area (Å²) in [4.78, 5) is 0. The number of nitrogens with one attached hydrogen (secondary N) is 1. The Bertz CT molecular complexity index is 236. The van der Waals surface area contributed by atoms with Gasteiger partial charge in [-0.1, -0.05) is 59.3 Å². The zero-order valence-electron chi connectivity index (χ0n) is 12.8. The summed E-state index contributed by atoms with van der Waals surface area (Å²) in [5.74, 6) is 3.92. The van der Waals surface area contributed by atoms with Gasteiger partial charge in [-0.05, 0) is 43.1 Å². The van der Waals surface area contributed by atoms with Crippen LogP contribution in [0.15, 0.2) is 0 Å². The van der Waals surface area contributed by atoms with Crippen LogP contribution in [0.2, 0.25) is 0 Å². The van der Waals surface area contributed by atoms with Crippen molar-refractivity contribution in [2.24, 2.45) is 23.7 Å². The normalized spacial score (nSPS) is 41.8. The van der Waals surface area contributed by atoms with Crippen LogP contribution in [0.3, 0.4) is 0 Å². The van der Waals surface area contributed by atoms with Gasteiger partial charge in [0.15, 0.2) is 0 Å². The summed E-state index contributed by atoms with van der Waals surface area (Å²) in [5, 5.41) is 3.71. The standard InChI is InChI=1S/C17H33N/c1-4-18-17-11-7-10-16(14(17)3)12-15-9-6-5-8-13(15)2/h13-18H,4-12H2,1-3H3/t13?,14?,15?,16-,17?/m1/s1. The van der Waals surface area contributed by atoms with E-state index in [1.54, 1.807) is 0 Å². The average molecular weight is 251 g/mol. The van der Waals surface area contributed by atoms with Gasteiger partial charge in [0, 0.05) is 6.04 Å². The van der Waals surface area contributed by atoms with E-state index in [0.29, 0.717) is 0 Å². The molecule has 0 bridgehead atoms. The number of hydrogen-bond acceptors (Lipinski definition) is 1. The SMILES string of the molecule is CCNC1CCC[C@H](CC2CCCCC2C)C1C. The van der Waals surface area contributed by atoms with Gasteiger partial charge in [0.1, 0.15) is 0 Å². The maximum atomic E-state index is 3.71. The molecule has 0 heterocycles.